The zero-order valence-electron chi connectivity index (χ0n) is 14.7. The smallest absolute Gasteiger partial charge is 0.338 e. The largest absolute Gasteiger partial charge is 0.452 e. The van der Waals surface area contributed by atoms with E-state index in [2.05, 4.69) is 10.6 Å². The molecule has 0 aliphatic heterocycles. The molecule has 29 heavy (non-hydrogen) atoms. The Labute approximate surface area is 169 Å². The molecule has 148 valence electrons. The van der Waals surface area contributed by atoms with E-state index in [1.807, 2.05) is 0 Å². The highest BCUT2D eigenvalue weighted by atomic mass is 35.5. The van der Waals surface area contributed by atoms with Gasteiger partial charge in [-0.25, -0.2) is 4.79 Å². The number of ether oxygens (including phenoxy) is 1. The number of carbonyl (C=O) groups is 3. The number of nitro groups is 1. The Morgan fingerprint density at radius 1 is 1.10 bits per heavy atom. The molecule has 2 aromatic rings. The highest BCUT2D eigenvalue weighted by Crippen LogP contribution is 2.27. The molecule has 0 fully saturated rings. The summed E-state index contributed by atoms with van der Waals surface area (Å²) in [6, 6.07) is 11.0. The first-order chi connectivity index (χ1) is 13.8. The lowest BCUT2D eigenvalue weighted by Gasteiger charge is -2.08. The number of nitriles is 1. The maximum atomic E-state index is 12.0. The van der Waals surface area contributed by atoms with Crippen LogP contribution in [0.1, 0.15) is 16.8 Å². The van der Waals surface area contributed by atoms with Crippen molar-refractivity contribution in [2.75, 3.05) is 17.2 Å². The van der Waals surface area contributed by atoms with Gasteiger partial charge in [0.2, 0.25) is 5.91 Å². The van der Waals surface area contributed by atoms with E-state index in [1.165, 1.54) is 36.4 Å². The van der Waals surface area contributed by atoms with Crippen LogP contribution in [0.5, 0.6) is 0 Å². The van der Waals surface area contributed by atoms with Crippen molar-refractivity contribution in [2.24, 2.45) is 0 Å². The topological polar surface area (TPSA) is 151 Å². The molecule has 2 rings (SSSR count). The average molecular weight is 417 g/mol. The molecule has 0 aliphatic rings. The van der Waals surface area contributed by atoms with Gasteiger partial charge in [0.15, 0.2) is 6.61 Å². The minimum atomic E-state index is -0.805. The summed E-state index contributed by atoms with van der Waals surface area (Å²) in [5, 5.41) is 24.3. The number of nitro benzene ring substituents is 1. The molecule has 2 amide bonds. The van der Waals surface area contributed by atoms with Gasteiger partial charge in [0.05, 0.1) is 16.6 Å². The summed E-state index contributed by atoms with van der Waals surface area (Å²) in [6.07, 6.45) is -0.301. The Morgan fingerprint density at radius 3 is 2.41 bits per heavy atom. The third kappa shape index (κ3) is 6.30. The van der Waals surface area contributed by atoms with Crippen LogP contribution >= 0.6 is 11.6 Å². The molecule has 2 N–H and O–H groups in total. The molecule has 0 saturated carbocycles. The molecule has 11 heteroatoms. The normalized spacial score (nSPS) is 9.79. The molecule has 10 nitrogen and oxygen atoms in total. The Balaban J connectivity index is 1.92. The lowest BCUT2D eigenvalue weighted by Crippen LogP contribution is -2.21. The van der Waals surface area contributed by atoms with Crippen molar-refractivity contribution in [3.05, 3.63) is 63.2 Å². The van der Waals surface area contributed by atoms with Gasteiger partial charge in [-0.2, -0.15) is 5.26 Å². The predicted octanol–water partition coefficient (Wildman–Crippen LogP) is 2.90. The summed E-state index contributed by atoms with van der Waals surface area (Å²) in [5.41, 5.74) is 0.0206. The van der Waals surface area contributed by atoms with E-state index in [0.717, 1.165) is 6.07 Å². The fourth-order valence-corrected chi connectivity index (χ4v) is 2.30. The Kier molecular flexibility index (Phi) is 7.22. The van der Waals surface area contributed by atoms with Crippen LogP contribution < -0.4 is 10.6 Å². The van der Waals surface area contributed by atoms with Crippen LogP contribution in [-0.4, -0.2) is 29.3 Å². The number of carbonyl (C=O) groups excluding carboxylic acids is 3. The van der Waals surface area contributed by atoms with E-state index in [9.17, 15) is 24.5 Å². The quantitative estimate of drug-likeness (QED) is 0.400. The van der Waals surface area contributed by atoms with Crippen LogP contribution in [-0.2, 0) is 14.3 Å². The number of nitrogens with zero attached hydrogens (tertiary/aromatic N) is 2. The molecule has 0 saturated heterocycles. The van der Waals surface area contributed by atoms with Gasteiger partial charge in [0, 0.05) is 16.8 Å². The van der Waals surface area contributed by atoms with Gasteiger partial charge in [-0.3, -0.25) is 19.7 Å². The maximum Gasteiger partial charge on any atom is 0.338 e. The van der Waals surface area contributed by atoms with E-state index in [1.54, 1.807) is 6.07 Å². The van der Waals surface area contributed by atoms with Crippen LogP contribution in [0.4, 0.5) is 17.1 Å². The summed E-state index contributed by atoms with van der Waals surface area (Å²) >= 11 is 5.70. The summed E-state index contributed by atoms with van der Waals surface area (Å²) in [6.45, 7) is -0.667. The number of benzene rings is 2. The number of nitrogens with one attached hydrogen (secondary N) is 2. The molecule has 0 bridgehead atoms. The van der Waals surface area contributed by atoms with Crippen molar-refractivity contribution in [2.45, 2.75) is 6.42 Å². The van der Waals surface area contributed by atoms with Crippen molar-refractivity contribution in [3.63, 3.8) is 0 Å². The molecule has 2 aromatic carbocycles. The first-order valence-electron chi connectivity index (χ1n) is 7.98. The minimum Gasteiger partial charge on any atom is -0.452 e. The summed E-state index contributed by atoms with van der Waals surface area (Å²) in [4.78, 5) is 45.6. The van der Waals surface area contributed by atoms with Crippen LogP contribution in [0.2, 0.25) is 5.02 Å². The Hall–Kier alpha value is -3.97. The number of hydrogen-bond donors (Lipinski definition) is 2. The molecule has 0 unspecified atom stereocenters. The number of rotatable bonds is 7. The zero-order chi connectivity index (χ0) is 21.4. The van der Waals surface area contributed by atoms with Gasteiger partial charge in [0.25, 0.3) is 11.6 Å². The van der Waals surface area contributed by atoms with Gasteiger partial charge in [-0.05, 0) is 36.4 Å². The number of amides is 2. The monoisotopic (exact) mass is 416 g/mol. The second kappa shape index (κ2) is 9.82. The number of hydrogen-bond acceptors (Lipinski definition) is 7. The Morgan fingerprint density at radius 2 is 1.79 bits per heavy atom. The van der Waals surface area contributed by atoms with Gasteiger partial charge in [0.1, 0.15) is 12.1 Å². The van der Waals surface area contributed by atoms with Crippen molar-refractivity contribution < 1.29 is 24.0 Å². The molecule has 0 spiro atoms. The predicted molar refractivity (Wildman–Crippen MR) is 102 cm³/mol. The van der Waals surface area contributed by atoms with Crippen molar-refractivity contribution in [1.82, 2.24) is 0 Å². The van der Waals surface area contributed by atoms with Crippen molar-refractivity contribution >= 4 is 46.4 Å². The minimum absolute atomic E-state index is 0.0853. The SMILES string of the molecule is N#CCC(=O)Nc1ccc(C(=O)OCC(=O)Nc2ccc(Cl)cc2[N+](=O)[O-])cc1. The third-order valence-electron chi connectivity index (χ3n) is 3.41. The molecule has 0 aromatic heterocycles. The lowest BCUT2D eigenvalue weighted by molar-refractivity contribution is -0.383. The number of halogens is 1. The fraction of sp³-hybridized carbons (Fsp3) is 0.111. The zero-order valence-corrected chi connectivity index (χ0v) is 15.4. The molecule has 0 radical (unpaired) electrons. The number of anilines is 2. The summed E-state index contributed by atoms with van der Waals surface area (Å²) < 4.78 is 4.87. The van der Waals surface area contributed by atoms with Gasteiger partial charge >= 0.3 is 5.97 Å². The first kappa shape index (κ1) is 21.3. The molecular weight excluding hydrogens is 404 g/mol. The van der Waals surface area contributed by atoms with Crippen molar-refractivity contribution in [3.8, 4) is 6.07 Å². The van der Waals surface area contributed by atoms with E-state index >= 15 is 0 Å². The van der Waals surface area contributed by atoms with E-state index < -0.39 is 35.0 Å². The standard InChI is InChI=1S/C18H13ClN4O6/c19-12-3-6-14(15(9-12)23(27)28)22-17(25)10-29-18(26)11-1-4-13(5-2-11)21-16(24)7-8-20/h1-6,9H,7,10H2,(H,21,24)(H,22,25). The van der Waals surface area contributed by atoms with Gasteiger partial charge in [-0.15, -0.1) is 0 Å². The Bertz CT molecular complexity index is 1000. The second-order valence-corrected chi connectivity index (χ2v) is 5.94. The summed E-state index contributed by atoms with van der Waals surface area (Å²) in [5.74, 6) is -2.07. The van der Waals surface area contributed by atoms with Crippen LogP contribution in [0.3, 0.4) is 0 Å². The molecule has 0 heterocycles. The van der Waals surface area contributed by atoms with E-state index in [4.69, 9.17) is 21.6 Å². The fourth-order valence-electron chi connectivity index (χ4n) is 2.13. The average Bonchev–Trinajstić information content (AvgIpc) is 2.68. The van der Waals surface area contributed by atoms with Gasteiger partial charge in [-0.1, -0.05) is 11.6 Å². The summed E-state index contributed by atoms with van der Waals surface area (Å²) in [7, 11) is 0. The molecular formula is C18H13ClN4O6. The van der Waals surface area contributed by atoms with Crippen LogP contribution in [0, 0.1) is 21.4 Å². The maximum absolute atomic E-state index is 12.0. The van der Waals surface area contributed by atoms with Crippen LogP contribution in [0.15, 0.2) is 42.5 Å². The third-order valence-corrected chi connectivity index (χ3v) is 3.64. The lowest BCUT2D eigenvalue weighted by atomic mass is 10.2. The van der Waals surface area contributed by atoms with E-state index in [0.29, 0.717) is 5.69 Å². The highest BCUT2D eigenvalue weighted by molar-refractivity contribution is 6.31. The van der Waals surface area contributed by atoms with Crippen molar-refractivity contribution in [1.29, 1.82) is 5.26 Å². The second-order valence-electron chi connectivity index (χ2n) is 5.50. The molecule has 0 aliphatic carbocycles. The highest BCUT2D eigenvalue weighted by Gasteiger charge is 2.17. The van der Waals surface area contributed by atoms with Gasteiger partial charge < -0.3 is 15.4 Å². The van der Waals surface area contributed by atoms with E-state index in [-0.39, 0.29) is 22.7 Å². The van der Waals surface area contributed by atoms with Crippen LogP contribution in [0.25, 0.3) is 0 Å². The number of esters is 1. The first-order valence-corrected chi connectivity index (χ1v) is 8.35. The molecule has 0 atom stereocenters.